The summed E-state index contributed by atoms with van der Waals surface area (Å²) in [5, 5.41) is 2.70. The number of fused-ring (bicyclic) bond motifs is 1. The van der Waals surface area contributed by atoms with Gasteiger partial charge in [0, 0.05) is 12.1 Å². The fourth-order valence-electron chi connectivity index (χ4n) is 2.04. The number of sulfonamides is 1. The van der Waals surface area contributed by atoms with Gasteiger partial charge < -0.3 is 10.1 Å². The number of hydrogen-bond acceptors (Lipinski definition) is 4. The molecule has 0 saturated heterocycles. The molecule has 0 spiro atoms. The normalized spacial score (nSPS) is 19.4. The number of hydrogen-bond donors (Lipinski definition) is 2. The third-order valence-electron chi connectivity index (χ3n) is 3.47. The number of rotatable bonds is 4. The average Bonchev–Trinajstić information content (AvgIpc) is 2.39. The zero-order chi connectivity index (χ0) is 15.8. The highest BCUT2D eigenvalue weighted by atomic mass is 32.2. The van der Waals surface area contributed by atoms with E-state index in [9.17, 15) is 13.2 Å². The molecule has 2 rings (SSSR count). The molecule has 0 saturated carbocycles. The first-order valence-corrected chi connectivity index (χ1v) is 8.37. The van der Waals surface area contributed by atoms with Crippen LogP contribution >= 0.6 is 0 Å². The summed E-state index contributed by atoms with van der Waals surface area (Å²) in [5.74, 6) is 0.132. The average molecular weight is 312 g/mol. The van der Waals surface area contributed by atoms with Crippen molar-refractivity contribution in [1.29, 1.82) is 0 Å². The van der Waals surface area contributed by atoms with Crippen LogP contribution in [-0.2, 0) is 14.8 Å². The third-order valence-corrected chi connectivity index (χ3v) is 5.20. The number of amides is 1. The summed E-state index contributed by atoms with van der Waals surface area (Å²) >= 11 is 0. The molecule has 2 unspecified atom stereocenters. The summed E-state index contributed by atoms with van der Waals surface area (Å²) in [6.45, 7) is 7.02. The van der Waals surface area contributed by atoms with Gasteiger partial charge in [-0.05, 0) is 38.8 Å². The molecule has 0 fully saturated rings. The summed E-state index contributed by atoms with van der Waals surface area (Å²) in [6, 6.07) is 2.93. The number of ether oxygens (including phenoxy) is 1. The number of benzene rings is 1. The fraction of sp³-hybridized carbons (Fsp3) is 0.500. The van der Waals surface area contributed by atoms with Crippen LogP contribution in [0.25, 0.3) is 0 Å². The lowest BCUT2D eigenvalue weighted by Gasteiger charge is -2.25. The SMILES string of the molecule is CCC(C)NS(=O)(=O)c1cc2c(cc1C)NC(=O)C(C)O2. The molecule has 1 aliphatic rings. The number of carbonyl (C=O) groups excluding carboxylic acids is 1. The Labute approximate surface area is 124 Å². The summed E-state index contributed by atoms with van der Waals surface area (Å²) in [6.07, 6.45) is 0.0607. The van der Waals surface area contributed by atoms with E-state index in [1.54, 1.807) is 19.9 Å². The number of carbonyl (C=O) groups is 1. The van der Waals surface area contributed by atoms with Crippen molar-refractivity contribution in [2.24, 2.45) is 0 Å². The summed E-state index contributed by atoms with van der Waals surface area (Å²) in [5.41, 5.74) is 1.06. The van der Waals surface area contributed by atoms with Gasteiger partial charge in [-0.2, -0.15) is 0 Å². The molecule has 1 aliphatic heterocycles. The number of anilines is 1. The van der Waals surface area contributed by atoms with Crippen molar-refractivity contribution in [2.45, 2.75) is 51.2 Å². The summed E-state index contributed by atoms with van der Waals surface area (Å²) in [7, 11) is -3.61. The van der Waals surface area contributed by atoms with Gasteiger partial charge in [-0.25, -0.2) is 13.1 Å². The molecular formula is C14H20N2O4S. The molecule has 116 valence electrons. The largest absolute Gasteiger partial charge is 0.479 e. The Morgan fingerprint density at radius 2 is 2.10 bits per heavy atom. The molecule has 6 nitrogen and oxygen atoms in total. The van der Waals surface area contributed by atoms with E-state index in [4.69, 9.17) is 4.74 Å². The van der Waals surface area contributed by atoms with Crippen LogP contribution < -0.4 is 14.8 Å². The highest BCUT2D eigenvalue weighted by molar-refractivity contribution is 7.89. The van der Waals surface area contributed by atoms with Gasteiger partial charge in [-0.1, -0.05) is 6.92 Å². The lowest BCUT2D eigenvalue weighted by molar-refractivity contribution is -0.122. The maximum absolute atomic E-state index is 12.4. The minimum absolute atomic E-state index is 0.148. The maximum Gasteiger partial charge on any atom is 0.265 e. The zero-order valence-electron chi connectivity index (χ0n) is 12.6. The van der Waals surface area contributed by atoms with Gasteiger partial charge in [0.25, 0.3) is 5.91 Å². The molecule has 0 aromatic heterocycles. The lowest BCUT2D eigenvalue weighted by atomic mass is 10.1. The van der Waals surface area contributed by atoms with Gasteiger partial charge in [0.2, 0.25) is 10.0 Å². The van der Waals surface area contributed by atoms with Crippen molar-refractivity contribution < 1.29 is 17.9 Å². The zero-order valence-corrected chi connectivity index (χ0v) is 13.4. The number of nitrogens with one attached hydrogen (secondary N) is 2. The second-order valence-corrected chi connectivity index (χ2v) is 6.98. The molecule has 0 bridgehead atoms. The van der Waals surface area contributed by atoms with Crippen molar-refractivity contribution in [3.05, 3.63) is 17.7 Å². The van der Waals surface area contributed by atoms with Crippen LogP contribution in [-0.4, -0.2) is 26.5 Å². The van der Waals surface area contributed by atoms with E-state index < -0.39 is 16.1 Å². The Morgan fingerprint density at radius 3 is 2.71 bits per heavy atom. The molecule has 0 radical (unpaired) electrons. The van der Waals surface area contributed by atoms with E-state index in [1.807, 2.05) is 13.8 Å². The van der Waals surface area contributed by atoms with Crippen molar-refractivity contribution in [3.8, 4) is 5.75 Å². The molecule has 2 atom stereocenters. The van der Waals surface area contributed by atoms with Gasteiger partial charge in [-0.15, -0.1) is 0 Å². The Hall–Kier alpha value is -1.60. The van der Waals surface area contributed by atoms with Gasteiger partial charge in [0.05, 0.1) is 10.6 Å². The number of aryl methyl sites for hydroxylation is 1. The molecule has 21 heavy (non-hydrogen) atoms. The molecular weight excluding hydrogens is 292 g/mol. The molecule has 2 N–H and O–H groups in total. The van der Waals surface area contributed by atoms with Crippen molar-refractivity contribution in [2.75, 3.05) is 5.32 Å². The Bertz CT molecular complexity index is 670. The topological polar surface area (TPSA) is 84.5 Å². The first-order chi connectivity index (χ1) is 9.74. The van der Waals surface area contributed by atoms with Crippen LogP contribution in [0.1, 0.15) is 32.8 Å². The van der Waals surface area contributed by atoms with Gasteiger partial charge in [0.1, 0.15) is 5.75 Å². The monoisotopic (exact) mass is 312 g/mol. The standard InChI is InChI=1S/C14H20N2O4S/c1-5-9(3)16-21(18,19)13-7-12-11(6-8(13)2)15-14(17)10(4)20-12/h6-7,9-10,16H,5H2,1-4H3,(H,15,17). The molecule has 1 heterocycles. The lowest BCUT2D eigenvalue weighted by Crippen LogP contribution is -2.35. The minimum atomic E-state index is -3.61. The van der Waals surface area contributed by atoms with Crippen LogP contribution in [0.15, 0.2) is 17.0 Å². The van der Waals surface area contributed by atoms with E-state index >= 15 is 0 Å². The van der Waals surface area contributed by atoms with Crippen LogP contribution in [0.5, 0.6) is 5.75 Å². The molecule has 7 heteroatoms. The maximum atomic E-state index is 12.4. The van der Waals surface area contributed by atoms with E-state index in [2.05, 4.69) is 10.0 Å². The second kappa shape index (κ2) is 5.65. The van der Waals surface area contributed by atoms with Crippen LogP contribution in [0.3, 0.4) is 0 Å². The Balaban J connectivity index is 2.43. The summed E-state index contributed by atoms with van der Waals surface area (Å²) in [4.78, 5) is 11.7. The summed E-state index contributed by atoms with van der Waals surface area (Å²) < 4.78 is 32.9. The second-order valence-electron chi connectivity index (χ2n) is 5.29. The van der Waals surface area contributed by atoms with Crippen LogP contribution in [0.4, 0.5) is 5.69 Å². The van der Waals surface area contributed by atoms with E-state index in [0.717, 1.165) is 0 Å². The van der Waals surface area contributed by atoms with Gasteiger partial charge in [-0.3, -0.25) is 4.79 Å². The van der Waals surface area contributed by atoms with E-state index in [0.29, 0.717) is 23.4 Å². The van der Waals surface area contributed by atoms with Crippen molar-refractivity contribution in [1.82, 2.24) is 4.72 Å². The Kier molecular flexibility index (Phi) is 4.25. The van der Waals surface area contributed by atoms with Gasteiger partial charge >= 0.3 is 0 Å². The van der Waals surface area contributed by atoms with Crippen molar-refractivity contribution in [3.63, 3.8) is 0 Å². The molecule has 1 aromatic rings. The van der Waals surface area contributed by atoms with E-state index in [-0.39, 0.29) is 16.8 Å². The predicted octanol–water partition coefficient (Wildman–Crippen LogP) is 1.79. The minimum Gasteiger partial charge on any atom is -0.479 e. The fourth-order valence-corrected chi connectivity index (χ4v) is 3.61. The highest BCUT2D eigenvalue weighted by Crippen LogP contribution is 2.34. The van der Waals surface area contributed by atoms with Crippen molar-refractivity contribution >= 4 is 21.6 Å². The first-order valence-electron chi connectivity index (χ1n) is 6.89. The van der Waals surface area contributed by atoms with Gasteiger partial charge in [0.15, 0.2) is 6.10 Å². The quantitative estimate of drug-likeness (QED) is 0.887. The highest BCUT2D eigenvalue weighted by Gasteiger charge is 2.27. The first kappa shape index (κ1) is 15.8. The molecule has 1 amide bonds. The molecule has 0 aliphatic carbocycles. The predicted molar refractivity (Wildman–Crippen MR) is 80.0 cm³/mol. The van der Waals surface area contributed by atoms with Crippen LogP contribution in [0, 0.1) is 6.92 Å². The Morgan fingerprint density at radius 1 is 1.43 bits per heavy atom. The molecule has 1 aromatic carbocycles. The van der Waals surface area contributed by atoms with Crippen LogP contribution in [0.2, 0.25) is 0 Å². The smallest absolute Gasteiger partial charge is 0.265 e. The van der Waals surface area contributed by atoms with E-state index in [1.165, 1.54) is 6.07 Å². The third kappa shape index (κ3) is 3.19.